The summed E-state index contributed by atoms with van der Waals surface area (Å²) in [5, 5.41) is 12.1. The average molecular weight is 835 g/mol. The van der Waals surface area contributed by atoms with Gasteiger partial charge in [-0.15, -0.1) is 0 Å². The monoisotopic (exact) mass is 835 g/mol. The Morgan fingerprint density at radius 3 is 2.41 bits per heavy atom. The first-order valence-corrected chi connectivity index (χ1v) is 25.3. The lowest BCUT2D eigenvalue weighted by Gasteiger charge is -2.51. The van der Waals surface area contributed by atoms with Gasteiger partial charge in [0.05, 0.1) is 0 Å². The number of rotatable bonds is 8. The van der Waals surface area contributed by atoms with E-state index in [1.54, 1.807) is 11.1 Å². The number of fused-ring (bicyclic) bond motifs is 1. The average Bonchev–Trinajstić information content (AvgIpc) is 3.36. The Bertz CT molecular complexity index is 2300. The highest BCUT2D eigenvalue weighted by molar-refractivity contribution is 5.86. The largest absolute Gasteiger partial charge is 0.381 e. The number of benzene rings is 2. The van der Waals surface area contributed by atoms with Crippen LogP contribution in [0.25, 0.3) is 5.70 Å². The van der Waals surface area contributed by atoms with Crippen LogP contribution >= 0.6 is 0 Å². The summed E-state index contributed by atoms with van der Waals surface area (Å²) in [5.41, 5.74) is 12.4. The van der Waals surface area contributed by atoms with E-state index < -0.39 is 0 Å². The number of allylic oxidation sites excluding steroid dienone is 15. The second-order valence-corrected chi connectivity index (χ2v) is 20.7. The number of nitrogens with one attached hydrogen (secondary N) is 3. The molecule has 12 atom stereocenters. The molecular weight excluding hydrogens is 765 g/mol. The van der Waals surface area contributed by atoms with Gasteiger partial charge >= 0.3 is 0 Å². The van der Waals surface area contributed by atoms with E-state index in [4.69, 9.17) is 4.99 Å². The summed E-state index contributed by atoms with van der Waals surface area (Å²) >= 11 is 0. The second-order valence-electron chi connectivity index (χ2n) is 20.7. The third-order valence-corrected chi connectivity index (χ3v) is 16.9. The third-order valence-electron chi connectivity index (χ3n) is 16.9. The van der Waals surface area contributed by atoms with E-state index in [0.29, 0.717) is 59.3 Å². The molecule has 2 aromatic carbocycles. The Balaban J connectivity index is 0.955. The van der Waals surface area contributed by atoms with Crippen LogP contribution in [0.1, 0.15) is 121 Å². The van der Waals surface area contributed by atoms with Crippen LogP contribution in [0.3, 0.4) is 0 Å². The predicted octanol–water partition coefficient (Wildman–Crippen LogP) is 13.4. The Morgan fingerprint density at radius 1 is 0.714 bits per heavy atom. The standard InChI is InChI=1S/C59H70N4/c1-39-18-16-30-47-35-46-27-14-15-31-51(46)56(55(39)47)52-36-48(59-62-57(42-23-10-4-11-24-42)61-58(63-59)43-25-12-5-13-26-43)32-33-50(52)45-29-17-28-44(34-45)49-37-53(40-19-6-2-7-20-40)60-54(38-49)41-21-8-3-9-22-41/h2,4-8,10-12,14,16,19-21,23-25,27-28,30,33,37,39,41,45-46,48-49,51-52,54,56-58,60-61H,3,9,13,15,17-18,22,26,29,31-32,34-36,38H2,1H3,(H,62,63). The zero-order valence-electron chi connectivity index (χ0n) is 37.7. The fraction of sp³-hybridized carbons (Fsp3) is 0.475. The first-order chi connectivity index (χ1) is 31.1. The zero-order valence-corrected chi connectivity index (χ0v) is 37.7. The molecule has 11 rings (SSSR count). The minimum atomic E-state index is -0.00151. The molecule has 0 fully saturated rings. The normalized spacial score (nSPS) is 36.4. The fourth-order valence-electron chi connectivity index (χ4n) is 13.8. The van der Waals surface area contributed by atoms with Crippen molar-refractivity contribution in [1.82, 2.24) is 16.0 Å². The number of nitrogens with zero attached hydrogens (tertiary/aromatic N) is 1. The lowest BCUT2D eigenvalue weighted by atomic mass is 9.54. The first-order valence-electron chi connectivity index (χ1n) is 25.3. The summed E-state index contributed by atoms with van der Waals surface area (Å²) < 4.78 is 0. The molecule has 63 heavy (non-hydrogen) atoms. The van der Waals surface area contributed by atoms with E-state index in [9.17, 15) is 0 Å². The maximum atomic E-state index is 5.65. The van der Waals surface area contributed by atoms with Crippen LogP contribution in [0.15, 0.2) is 166 Å². The summed E-state index contributed by atoms with van der Waals surface area (Å²) in [7, 11) is 0. The Morgan fingerprint density at radius 2 is 1.57 bits per heavy atom. The van der Waals surface area contributed by atoms with Gasteiger partial charge in [-0.1, -0.05) is 157 Å². The quantitative estimate of drug-likeness (QED) is 0.232. The molecule has 0 bridgehead atoms. The molecule has 2 aliphatic heterocycles. The molecule has 12 unspecified atom stereocenters. The fourth-order valence-corrected chi connectivity index (χ4v) is 13.8. The lowest BCUT2D eigenvalue weighted by molar-refractivity contribution is 0.158. The van der Waals surface area contributed by atoms with Crippen LogP contribution in [0.4, 0.5) is 0 Å². The van der Waals surface area contributed by atoms with E-state index in [2.05, 4.69) is 156 Å². The maximum Gasteiger partial charge on any atom is 0.125 e. The summed E-state index contributed by atoms with van der Waals surface area (Å²) in [6.07, 6.45) is 48.3. The molecule has 4 nitrogen and oxygen atoms in total. The summed E-state index contributed by atoms with van der Waals surface area (Å²) in [6, 6.07) is 22.7. The van der Waals surface area contributed by atoms with Crippen LogP contribution in [-0.2, 0) is 0 Å². The minimum absolute atomic E-state index is 0.00151. The molecule has 2 aromatic rings. The van der Waals surface area contributed by atoms with Gasteiger partial charge in [0.25, 0.3) is 0 Å². The Kier molecular flexibility index (Phi) is 12.0. The smallest absolute Gasteiger partial charge is 0.125 e. The molecule has 0 spiro atoms. The van der Waals surface area contributed by atoms with Gasteiger partial charge in [0, 0.05) is 23.6 Å². The molecule has 0 saturated carbocycles. The van der Waals surface area contributed by atoms with E-state index in [1.807, 2.05) is 11.1 Å². The summed E-state index contributed by atoms with van der Waals surface area (Å²) in [5.74, 6) is 6.36. The van der Waals surface area contributed by atoms with Crippen molar-refractivity contribution in [2.75, 3.05) is 0 Å². The van der Waals surface area contributed by atoms with Gasteiger partial charge in [-0.05, 0) is 160 Å². The van der Waals surface area contributed by atoms with Crippen LogP contribution in [0.5, 0.6) is 0 Å². The van der Waals surface area contributed by atoms with Gasteiger partial charge in [0.1, 0.15) is 18.2 Å². The van der Waals surface area contributed by atoms with Gasteiger partial charge in [-0.2, -0.15) is 0 Å². The molecule has 0 saturated heterocycles. The lowest BCUT2D eigenvalue weighted by Crippen LogP contribution is -2.52. The molecule has 3 N–H and O–H groups in total. The van der Waals surface area contributed by atoms with Gasteiger partial charge < -0.3 is 10.6 Å². The molecule has 7 aliphatic carbocycles. The van der Waals surface area contributed by atoms with Crippen molar-refractivity contribution in [1.29, 1.82) is 0 Å². The van der Waals surface area contributed by atoms with Crippen molar-refractivity contribution < 1.29 is 0 Å². The Labute approximate surface area is 378 Å². The van der Waals surface area contributed by atoms with E-state index in [-0.39, 0.29) is 12.3 Å². The van der Waals surface area contributed by atoms with Crippen molar-refractivity contribution in [2.45, 2.75) is 122 Å². The van der Waals surface area contributed by atoms with Crippen molar-refractivity contribution in [3.05, 3.63) is 173 Å². The molecule has 0 amide bonds. The maximum absolute atomic E-state index is 5.65. The van der Waals surface area contributed by atoms with Gasteiger partial charge in [0.2, 0.25) is 0 Å². The molecule has 326 valence electrons. The van der Waals surface area contributed by atoms with Crippen LogP contribution < -0.4 is 16.0 Å². The SMILES string of the molecule is CC1CC=CC2=C1C(C1CC(C3=NC(C4=CC=CCC4)NC(c4ccccc4)N3)CC=C1C1CCC=C(C3C=C(c4ccccc4)NC(C4C=CCCC4)C3)C1)C1CCC=CC1C2. The van der Waals surface area contributed by atoms with Crippen LogP contribution in [0, 0.1) is 53.3 Å². The van der Waals surface area contributed by atoms with Crippen molar-refractivity contribution in [3.63, 3.8) is 0 Å². The van der Waals surface area contributed by atoms with Crippen LogP contribution in [0.2, 0.25) is 0 Å². The number of aliphatic imine (C=N–C) groups is 1. The highest BCUT2D eigenvalue weighted by Crippen LogP contribution is 2.57. The molecule has 2 heterocycles. The zero-order chi connectivity index (χ0) is 42.1. The highest BCUT2D eigenvalue weighted by atomic mass is 15.3. The van der Waals surface area contributed by atoms with E-state index >= 15 is 0 Å². The van der Waals surface area contributed by atoms with Gasteiger partial charge in [-0.25, -0.2) is 4.99 Å². The highest BCUT2D eigenvalue weighted by Gasteiger charge is 2.48. The first kappa shape index (κ1) is 41.1. The minimum Gasteiger partial charge on any atom is -0.381 e. The number of hydrogen-bond acceptors (Lipinski definition) is 4. The topological polar surface area (TPSA) is 48.5 Å². The molecule has 9 aliphatic rings. The van der Waals surface area contributed by atoms with E-state index in [0.717, 1.165) is 19.3 Å². The number of hydrogen-bond donors (Lipinski definition) is 3. The molecule has 4 heteroatoms. The van der Waals surface area contributed by atoms with Crippen molar-refractivity contribution >= 4 is 11.5 Å². The summed E-state index contributed by atoms with van der Waals surface area (Å²) in [4.78, 5) is 5.65. The summed E-state index contributed by atoms with van der Waals surface area (Å²) in [6.45, 7) is 2.56. The van der Waals surface area contributed by atoms with E-state index in [1.165, 1.54) is 105 Å². The Hall–Kier alpha value is -4.67. The molecule has 0 aromatic heterocycles. The van der Waals surface area contributed by atoms with Crippen LogP contribution in [-0.4, -0.2) is 18.0 Å². The van der Waals surface area contributed by atoms with Crippen molar-refractivity contribution in [2.24, 2.45) is 58.3 Å². The third kappa shape index (κ3) is 8.54. The predicted molar refractivity (Wildman–Crippen MR) is 262 cm³/mol. The number of amidine groups is 1. The van der Waals surface area contributed by atoms with Gasteiger partial charge in [-0.3, -0.25) is 5.32 Å². The molecular formula is C59H70N4. The molecule has 0 radical (unpaired) electrons. The van der Waals surface area contributed by atoms with Crippen molar-refractivity contribution in [3.8, 4) is 0 Å². The second kappa shape index (κ2) is 18.4. The van der Waals surface area contributed by atoms with Gasteiger partial charge in [0.15, 0.2) is 0 Å².